The molecular weight excluding hydrogens is 273 g/mol. The Morgan fingerprint density at radius 1 is 1.35 bits per heavy atom. The van der Waals surface area contributed by atoms with E-state index in [1.54, 1.807) is 6.92 Å². The average molecular weight is 284 g/mol. The third kappa shape index (κ3) is 2.44. The van der Waals surface area contributed by atoms with Crippen molar-refractivity contribution in [3.63, 3.8) is 0 Å². The Balaban J connectivity index is 2.46. The van der Waals surface area contributed by atoms with Crippen LogP contribution in [0.2, 0.25) is 0 Å². The molecule has 1 heterocycles. The molecule has 0 radical (unpaired) electrons. The van der Waals surface area contributed by atoms with E-state index in [0.29, 0.717) is 11.8 Å². The largest absolute Gasteiger partial charge is 0.491 e. The maximum Gasteiger partial charge on any atom is 0.221 e. The Hall–Kier alpha value is -2.51. The van der Waals surface area contributed by atoms with Gasteiger partial charge in [0.2, 0.25) is 5.95 Å². The molecule has 20 heavy (non-hydrogen) atoms. The molecule has 2 aromatic rings. The number of anilines is 1. The van der Waals surface area contributed by atoms with Gasteiger partial charge in [-0.15, -0.1) is 0 Å². The van der Waals surface area contributed by atoms with Crippen molar-refractivity contribution in [1.29, 1.82) is 0 Å². The minimum absolute atomic E-state index is 0.0636. The van der Waals surface area contributed by atoms with Crippen molar-refractivity contribution in [3.05, 3.63) is 41.0 Å². The van der Waals surface area contributed by atoms with Gasteiger partial charge in [0.05, 0.1) is 30.8 Å². The third-order valence-corrected chi connectivity index (χ3v) is 2.51. The Morgan fingerprint density at radius 3 is 2.60 bits per heavy atom. The molecule has 1 aromatic carbocycles. The van der Waals surface area contributed by atoms with Crippen molar-refractivity contribution in [2.45, 2.75) is 6.92 Å². The predicted octanol–water partition coefficient (Wildman–Crippen LogP) is 2.08. The summed E-state index contributed by atoms with van der Waals surface area (Å²) in [5.41, 5.74) is 5.59. The highest BCUT2D eigenvalue weighted by Gasteiger charge is 2.18. The lowest BCUT2D eigenvalue weighted by atomic mass is 10.2. The molecule has 1 aromatic heterocycles. The number of imidazole rings is 1. The predicted molar refractivity (Wildman–Crippen MR) is 67.2 cm³/mol. The zero-order valence-corrected chi connectivity index (χ0v) is 10.7. The number of aryl methyl sites for hydroxylation is 1. The molecule has 0 amide bonds. The standard InChI is InChI=1S/C12H11F3N4O/c1-6-5-19(12(16)18-6)17-4-7-8(13)3-9(14)11(20-2)10(7)15/h3-5H,1-2H3,(H2,16,18). The number of halogens is 3. The maximum absolute atomic E-state index is 13.9. The van der Waals surface area contributed by atoms with Gasteiger partial charge in [-0.3, -0.25) is 0 Å². The van der Waals surface area contributed by atoms with Gasteiger partial charge in [-0.25, -0.2) is 22.8 Å². The first kappa shape index (κ1) is 13.9. The van der Waals surface area contributed by atoms with Crippen molar-refractivity contribution < 1.29 is 17.9 Å². The molecule has 0 saturated heterocycles. The van der Waals surface area contributed by atoms with Crippen LogP contribution < -0.4 is 10.5 Å². The minimum atomic E-state index is -1.18. The molecule has 0 bridgehead atoms. The molecule has 0 saturated carbocycles. The third-order valence-electron chi connectivity index (χ3n) is 2.51. The SMILES string of the molecule is COc1c(F)cc(F)c(C=Nn2cc(C)nc2N)c1F. The van der Waals surface area contributed by atoms with Crippen LogP contribution >= 0.6 is 0 Å². The van der Waals surface area contributed by atoms with Crippen molar-refractivity contribution in [3.8, 4) is 5.75 Å². The Bertz CT molecular complexity index is 682. The second-order valence-corrected chi connectivity index (χ2v) is 3.93. The van der Waals surface area contributed by atoms with Gasteiger partial charge in [0, 0.05) is 6.07 Å². The monoisotopic (exact) mass is 284 g/mol. The summed E-state index contributed by atoms with van der Waals surface area (Å²) in [6, 6.07) is 0.520. The second-order valence-electron chi connectivity index (χ2n) is 3.93. The van der Waals surface area contributed by atoms with E-state index in [-0.39, 0.29) is 5.95 Å². The normalized spacial score (nSPS) is 11.2. The first-order valence-corrected chi connectivity index (χ1v) is 5.51. The van der Waals surface area contributed by atoms with Crippen LogP contribution in [0.3, 0.4) is 0 Å². The Morgan fingerprint density at radius 2 is 2.05 bits per heavy atom. The molecule has 2 N–H and O–H groups in total. The average Bonchev–Trinajstić information content (AvgIpc) is 2.67. The van der Waals surface area contributed by atoms with E-state index in [9.17, 15) is 13.2 Å². The van der Waals surface area contributed by atoms with Crippen LogP contribution in [0.5, 0.6) is 5.75 Å². The smallest absolute Gasteiger partial charge is 0.221 e. The summed E-state index contributed by atoms with van der Waals surface area (Å²) in [5, 5.41) is 3.77. The Kier molecular flexibility index (Phi) is 3.64. The van der Waals surface area contributed by atoms with E-state index in [1.165, 1.54) is 6.20 Å². The lowest BCUT2D eigenvalue weighted by Crippen LogP contribution is -2.03. The fraction of sp³-hybridized carbons (Fsp3) is 0.167. The van der Waals surface area contributed by atoms with Gasteiger partial charge in [0.25, 0.3) is 0 Å². The fourth-order valence-electron chi connectivity index (χ4n) is 1.61. The molecule has 8 heteroatoms. The molecule has 0 aliphatic heterocycles. The summed E-state index contributed by atoms with van der Waals surface area (Å²) in [4.78, 5) is 3.87. The number of nitrogen functional groups attached to an aromatic ring is 1. The quantitative estimate of drug-likeness (QED) is 0.878. The van der Waals surface area contributed by atoms with Crippen LogP contribution in [-0.4, -0.2) is 23.0 Å². The van der Waals surface area contributed by atoms with Gasteiger partial charge >= 0.3 is 0 Å². The fourth-order valence-corrected chi connectivity index (χ4v) is 1.61. The topological polar surface area (TPSA) is 65.4 Å². The summed E-state index contributed by atoms with van der Waals surface area (Å²) in [6.45, 7) is 1.68. The summed E-state index contributed by atoms with van der Waals surface area (Å²) in [5.74, 6) is -4.02. The van der Waals surface area contributed by atoms with E-state index < -0.39 is 28.8 Å². The lowest BCUT2D eigenvalue weighted by Gasteiger charge is -2.06. The van der Waals surface area contributed by atoms with Gasteiger partial charge in [-0.1, -0.05) is 0 Å². The lowest BCUT2D eigenvalue weighted by molar-refractivity contribution is 0.355. The van der Waals surface area contributed by atoms with E-state index in [2.05, 4.69) is 14.8 Å². The molecule has 0 spiro atoms. The first-order valence-electron chi connectivity index (χ1n) is 5.51. The number of rotatable bonds is 3. The summed E-state index contributed by atoms with van der Waals surface area (Å²) < 4.78 is 46.3. The number of hydrogen-bond donors (Lipinski definition) is 1. The molecule has 0 aliphatic rings. The van der Waals surface area contributed by atoms with Crippen LogP contribution in [0.25, 0.3) is 0 Å². The molecule has 0 atom stereocenters. The highest BCUT2D eigenvalue weighted by molar-refractivity contribution is 5.81. The van der Waals surface area contributed by atoms with E-state index in [1.807, 2.05) is 0 Å². The van der Waals surface area contributed by atoms with Crippen LogP contribution in [0.4, 0.5) is 19.1 Å². The van der Waals surface area contributed by atoms with Crippen molar-refractivity contribution >= 4 is 12.2 Å². The Labute approximate surface area is 112 Å². The number of ether oxygens (including phenoxy) is 1. The minimum Gasteiger partial charge on any atom is -0.491 e. The van der Waals surface area contributed by atoms with Gasteiger partial charge in [-0.2, -0.15) is 5.10 Å². The van der Waals surface area contributed by atoms with Crippen molar-refractivity contribution in [1.82, 2.24) is 9.66 Å². The molecule has 2 rings (SSSR count). The summed E-state index contributed by atoms with van der Waals surface area (Å²) >= 11 is 0. The number of benzene rings is 1. The number of nitrogens with zero attached hydrogens (tertiary/aromatic N) is 3. The molecule has 106 valence electrons. The van der Waals surface area contributed by atoms with Crippen LogP contribution in [0, 0.1) is 24.4 Å². The molecule has 0 unspecified atom stereocenters. The number of hydrogen-bond acceptors (Lipinski definition) is 4. The van der Waals surface area contributed by atoms with Crippen LogP contribution in [0.1, 0.15) is 11.3 Å². The van der Waals surface area contributed by atoms with E-state index in [0.717, 1.165) is 18.0 Å². The molecule has 5 nitrogen and oxygen atoms in total. The first-order chi connectivity index (χ1) is 9.43. The summed E-state index contributed by atoms with van der Waals surface area (Å²) in [6.07, 6.45) is 2.35. The van der Waals surface area contributed by atoms with Gasteiger partial charge in [0.1, 0.15) is 5.82 Å². The maximum atomic E-state index is 13.9. The zero-order valence-electron chi connectivity index (χ0n) is 10.7. The highest BCUT2D eigenvalue weighted by Crippen LogP contribution is 2.25. The number of aromatic nitrogens is 2. The number of methoxy groups -OCH3 is 1. The molecular formula is C12H11F3N4O. The van der Waals surface area contributed by atoms with E-state index in [4.69, 9.17) is 5.73 Å². The number of nitrogens with two attached hydrogens (primary N) is 1. The molecule has 0 fully saturated rings. The van der Waals surface area contributed by atoms with Crippen LogP contribution in [-0.2, 0) is 0 Å². The zero-order chi connectivity index (χ0) is 14.9. The summed E-state index contributed by atoms with van der Waals surface area (Å²) in [7, 11) is 1.08. The molecule has 0 aliphatic carbocycles. The second kappa shape index (κ2) is 5.24. The van der Waals surface area contributed by atoms with Gasteiger partial charge < -0.3 is 10.5 Å². The van der Waals surface area contributed by atoms with Crippen molar-refractivity contribution in [2.24, 2.45) is 5.10 Å². The van der Waals surface area contributed by atoms with Gasteiger partial charge in [0.15, 0.2) is 17.4 Å². The van der Waals surface area contributed by atoms with Gasteiger partial charge in [-0.05, 0) is 6.92 Å². The van der Waals surface area contributed by atoms with Crippen LogP contribution in [0.15, 0.2) is 17.4 Å². The van der Waals surface area contributed by atoms with E-state index >= 15 is 0 Å². The van der Waals surface area contributed by atoms with Crippen molar-refractivity contribution in [2.75, 3.05) is 12.8 Å². The highest BCUT2D eigenvalue weighted by atomic mass is 19.1.